The van der Waals surface area contributed by atoms with Gasteiger partial charge in [0, 0.05) is 6.04 Å². The number of hydrogen-bond acceptors (Lipinski definition) is 6. The van der Waals surface area contributed by atoms with Crippen LogP contribution in [0.5, 0.6) is 0 Å². The molecule has 0 spiro atoms. The molecule has 1 aliphatic carbocycles. The summed E-state index contributed by atoms with van der Waals surface area (Å²) in [6.45, 7) is -0.321. The van der Waals surface area contributed by atoms with E-state index in [1.54, 1.807) is 11.4 Å². The molecule has 0 unspecified atom stereocenters. The zero-order chi connectivity index (χ0) is 14.3. The number of halogens is 1. The van der Waals surface area contributed by atoms with Gasteiger partial charge in [0.05, 0.1) is 10.1 Å². The first-order chi connectivity index (χ1) is 9.53. The first-order valence-electron chi connectivity index (χ1n) is 6.02. The minimum Gasteiger partial charge on any atom is -0.388 e. The Labute approximate surface area is 124 Å². The van der Waals surface area contributed by atoms with Crippen LogP contribution in [0, 0.1) is 0 Å². The summed E-state index contributed by atoms with van der Waals surface area (Å²) in [6, 6.07) is 1.77. The zero-order valence-electron chi connectivity index (χ0n) is 10.4. The third-order valence-electron chi connectivity index (χ3n) is 3.11. The molecule has 3 rings (SSSR count). The van der Waals surface area contributed by atoms with Crippen molar-refractivity contribution in [3.05, 3.63) is 27.2 Å². The van der Waals surface area contributed by atoms with Crippen molar-refractivity contribution in [1.29, 1.82) is 0 Å². The molecule has 1 aliphatic rings. The lowest BCUT2D eigenvalue weighted by Crippen LogP contribution is -2.14. The van der Waals surface area contributed by atoms with Gasteiger partial charge in [-0.3, -0.25) is 4.57 Å². The first-order valence-corrected chi connectivity index (χ1v) is 8.93. The van der Waals surface area contributed by atoms with Gasteiger partial charge in [0.15, 0.2) is 5.82 Å². The van der Waals surface area contributed by atoms with Crippen LogP contribution < -0.4 is 0 Å². The van der Waals surface area contributed by atoms with Crippen molar-refractivity contribution in [2.75, 3.05) is 0 Å². The number of aliphatic hydroxyl groups is 1. The SMILES string of the molecule is O=S(=O)(Cc1ccsc1Cl)c1nnc(CO)n1C1CC1. The second kappa shape index (κ2) is 5.10. The van der Waals surface area contributed by atoms with E-state index in [0.29, 0.717) is 15.7 Å². The highest BCUT2D eigenvalue weighted by Gasteiger charge is 2.34. The Kier molecular flexibility index (Phi) is 3.57. The molecule has 0 bridgehead atoms. The molecule has 0 aromatic carbocycles. The standard InChI is InChI=1S/C11H12ClN3O3S2/c12-10-7(3-4-19-10)6-20(17,18)11-14-13-9(5-16)15(11)8-1-2-8/h3-4,8,16H,1-2,5-6H2. The average Bonchev–Trinajstić information content (AvgIpc) is 3.02. The summed E-state index contributed by atoms with van der Waals surface area (Å²) in [4.78, 5) is 0. The number of rotatable bonds is 5. The third-order valence-corrected chi connectivity index (χ3v) is 5.88. The van der Waals surface area contributed by atoms with Gasteiger partial charge in [-0.05, 0) is 29.9 Å². The molecule has 0 saturated heterocycles. The molecule has 2 aromatic rings. The highest BCUT2D eigenvalue weighted by atomic mass is 35.5. The van der Waals surface area contributed by atoms with Crippen LogP contribution in [-0.4, -0.2) is 28.3 Å². The van der Waals surface area contributed by atoms with E-state index in [0.717, 1.165) is 12.8 Å². The van der Waals surface area contributed by atoms with Crippen LogP contribution in [0.3, 0.4) is 0 Å². The molecule has 1 N–H and O–H groups in total. The molecule has 0 atom stereocenters. The summed E-state index contributed by atoms with van der Waals surface area (Å²) >= 11 is 7.24. The molecule has 6 nitrogen and oxygen atoms in total. The summed E-state index contributed by atoms with van der Waals surface area (Å²) in [7, 11) is -3.63. The summed E-state index contributed by atoms with van der Waals surface area (Å²) in [5, 5.41) is 18.4. The van der Waals surface area contributed by atoms with Crippen LogP contribution in [-0.2, 0) is 22.2 Å². The van der Waals surface area contributed by atoms with Crippen molar-refractivity contribution in [3.8, 4) is 0 Å². The molecule has 2 heterocycles. The van der Waals surface area contributed by atoms with Crippen LogP contribution in [0.15, 0.2) is 16.6 Å². The number of hydrogen-bond donors (Lipinski definition) is 1. The Hall–Kier alpha value is -0.960. The predicted molar refractivity (Wildman–Crippen MR) is 74.4 cm³/mol. The quantitative estimate of drug-likeness (QED) is 0.901. The molecule has 1 saturated carbocycles. The maximum atomic E-state index is 12.5. The zero-order valence-corrected chi connectivity index (χ0v) is 12.7. The lowest BCUT2D eigenvalue weighted by Gasteiger charge is -2.08. The van der Waals surface area contributed by atoms with E-state index in [1.165, 1.54) is 15.9 Å². The number of sulfone groups is 1. The Morgan fingerprint density at radius 2 is 2.20 bits per heavy atom. The van der Waals surface area contributed by atoms with Crippen LogP contribution >= 0.6 is 22.9 Å². The summed E-state index contributed by atoms with van der Waals surface area (Å²) in [5.74, 6) is 0.0912. The molecular formula is C11H12ClN3O3S2. The molecular weight excluding hydrogens is 322 g/mol. The van der Waals surface area contributed by atoms with Gasteiger partial charge in [-0.15, -0.1) is 21.5 Å². The highest BCUT2D eigenvalue weighted by Crippen LogP contribution is 2.38. The molecule has 0 aliphatic heterocycles. The summed E-state index contributed by atoms with van der Waals surface area (Å²) in [5.41, 5.74) is 0.563. The maximum Gasteiger partial charge on any atom is 0.250 e. The average molecular weight is 334 g/mol. The smallest absolute Gasteiger partial charge is 0.250 e. The van der Waals surface area contributed by atoms with Gasteiger partial charge in [0.1, 0.15) is 6.61 Å². The van der Waals surface area contributed by atoms with Gasteiger partial charge < -0.3 is 5.11 Å². The topological polar surface area (TPSA) is 85.1 Å². The molecule has 20 heavy (non-hydrogen) atoms. The van der Waals surface area contributed by atoms with Gasteiger partial charge in [0.2, 0.25) is 15.0 Å². The van der Waals surface area contributed by atoms with E-state index >= 15 is 0 Å². The first kappa shape index (κ1) is 14.0. The fourth-order valence-corrected chi connectivity index (χ4v) is 4.61. The van der Waals surface area contributed by atoms with Crippen LogP contribution in [0.25, 0.3) is 0 Å². The second-order valence-electron chi connectivity index (χ2n) is 4.64. The Morgan fingerprint density at radius 1 is 1.45 bits per heavy atom. The molecule has 1 fully saturated rings. The van der Waals surface area contributed by atoms with Crippen LogP contribution in [0.1, 0.15) is 30.3 Å². The Balaban J connectivity index is 1.99. The van der Waals surface area contributed by atoms with E-state index in [1.807, 2.05) is 0 Å². The third kappa shape index (κ3) is 2.48. The summed E-state index contributed by atoms with van der Waals surface area (Å²) < 4.78 is 27.0. The van der Waals surface area contributed by atoms with Crippen molar-refractivity contribution < 1.29 is 13.5 Å². The number of thiophene rings is 1. The number of aromatic nitrogens is 3. The van der Waals surface area contributed by atoms with Crippen molar-refractivity contribution in [1.82, 2.24) is 14.8 Å². The van der Waals surface area contributed by atoms with E-state index < -0.39 is 9.84 Å². The second-order valence-corrected chi connectivity index (χ2v) is 8.04. The van der Waals surface area contributed by atoms with Crippen LogP contribution in [0.4, 0.5) is 0 Å². The Morgan fingerprint density at radius 3 is 2.75 bits per heavy atom. The Bertz CT molecular complexity index is 734. The van der Waals surface area contributed by atoms with E-state index in [4.69, 9.17) is 11.6 Å². The van der Waals surface area contributed by atoms with Crippen molar-refractivity contribution >= 4 is 32.8 Å². The fourth-order valence-electron chi connectivity index (χ4n) is 2.02. The van der Waals surface area contributed by atoms with Gasteiger partial charge in [-0.2, -0.15) is 0 Å². The van der Waals surface area contributed by atoms with E-state index in [9.17, 15) is 13.5 Å². The minimum atomic E-state index is -3.63. The normalized spacial score (nSPS) is 15.7. The van der Waals surface area contributed by atoms with Crippen molar-refractivity contribution in [2.45, 2.75) is 36.4 Å². The van der Waals surface area contributed by atoms with Gasteiger partial charge >= 0.3 is 0 Å². The lowest BCUT2D eigenvalue weighted by molar-refractivity contribution is 0.263. The number of aliphatic hydroxyl groups excluding tert-OH is 1. The number of nitrogens with zero attached hydrogens (tertiary/aromatic N) is 3. The van der Waals surface area contributed by atoms with Crippen molar-refractivity contribution in [2.24, 2.45) is 0 Å². The van der Waals surface area contributed by atoms with Gasteiger partial charge in [0.25, 0.3) is 0 Å². The molecule has 0 radical (unpaired) electrons. The van der Waals surface area contributed by atoms with Gasteiger partial charge in [-0.1, -0.05) is 11.6 Å². The highest BCUT2D eigenvalue weighted by molar-refractivity contribution is 7.90. The molecule has 0 amide bonds. The predicted octanol–water partition coefficient (Wildman–Crippen LogP) is 1.79. The molecule has 9 heteroatoms. The van der Waals surface area contributed by atoms with E-state index in [-0.39, 0.29) is 23.6 Å². The van der Waals surface area contributed by atoms with Crippen molar-refractivity contribution in [3.63, 3.8) is 0 Å². The van der Waals surface area contributed by atoms with Crippen LogP contribution in [0.2, 0.25) is 4.34 Å². The molecule has 2 aromatic heterocycles. The monoisotopic (exact) mass is 333 g/mol. The molecule has 108 valence electrons. The summed E-state index contributed by atoms with van der Waals surface area (Å²) in [6.07, 6.45) is 1.76. The minimum absolute atomic E-state index is 0.0775. The largest absolute Gasteiger partial charge is 0.388 e. The maximum absolute atomic E-state index is 12.5. The van der Waals surface area contributed by atoms with E-state index in [2.05, 4.69) is 10.2 Å². The lowest BCUT2D eigenvalue weighted by atomic mass is 10.4. The fraction of sp³-hybridized carbons (Fsp3) is 0.455. The van der Waals surface area contributed by atoms with Gasteiger partial charge in [-0.25, -0.2) is 8.42 Å².